The maximum absolute atomic E-state index is 13.4. The molecule has 0 saturated heterocycles. The van der Waals surface area contributed by atoms with Gasteiger partial charge in [0.25, 0.3) is 0 Å². The molecule has 14 nitrogen and oxygen atoms in total. The molecule has 2 aliphatic rings. The maximum atomic E-state index is 13.4. The minimum atomic E-state index is -4.96. The molecule has 6 rings (SSSR count). The van der Waals surface area contributed by atoms with Crippen molar-refractivity contribution in [3.05, 3.63) is 111 Å². The molecule has 24 heteroatoms. The predicted octanol–water partition coefficient (Wildman–Crippen LogP) is 10.5. The van der Waals surface area contributed by atoms with Crippen molar-refractivity contribution in [3.8, 4) is 11.5 Å². The predicted molar refractivity (Wildman–Crippen MR) is 260 cm³/mol. The van der Waals surface area contributed by atoms with E-state index in [1.54, 1.807) is 77.9 Å². The number of esters is 2. The molecule has 73 heavy (non-hydrogen) atoms. The van der Waals surface area contributed by atoms with Crippen molar-refractivity contribution in [1.82, 2.24) is 9.44 Å². The maximum Gasteiger partial charge on any atom is 0.416 e. The van der Waals surface area contributed by atoms with Crippen LogP contribution >= 0.6 is 15.9 Å². The summed E-state index contributed by atoms with van der Waals surface area (Å²) in [5, 5.41) is 0. The van der Waals surface area contributed by atoms with Crippen LogP contribution in [0.1, 0.15) is 126 Å². The molecule has 0 aromatic heterocycles. The van der Waals surface area contributed by atoms with Crippen LogP contribution in [0, 0.1) is 0 Å². The van der Waals surface area contributed by atoms with Gasteiger partial charge in [0.05, 0.1) is 25.8 Å². The fourth-order valence-corrected chi connectivity index (χ4v) is 12.0. The van der Waals surface area contributed by atoms with Crippen LogP contribution < -0.4 is 18.9 Å². The zero-order chi connectivity index (χ0) is 54.5. The van der Waals surface area contributed by atoms with E-state index in [1.165, 1.54) is 0 Å². The first-order valence-electron chi connectivity index (χ1n) is 22.8. The van der Waals surface area contributed by atoms with E-state index >= 15 is 0 Å². The van der Waals surface area contributed by atoms with Gasteiger partial charge in [-0.2, -0.15) is 26.3 Å². The lowest BCUT2D eigenvalue weighted by Crippen LogP contribution is -2.29. The van der Waals surface area contributed by atoms with Crippen LogP contribution in [0.4, 0.5) is 26.3 Å². The topological polar surface area (TPSA) is 198 Å². The van der Waals surface area contributed by atoms with Gasteiger partial charge < -0.3 is 18.9 Å². The van der Waals surface area contributed by atoms with E-state index in [-0.39, 0.29) is 17.7 Å². The number of rotatable bonds is 13. The molecule has 0 heterocycles. The Morgan fingerprint density at radius 1 is 0.575 bits per heavy atom. The number of carbonyl (C=O) groups is 2. The largest absolute Gasteiger partial charge is 0.482 e. The van der Waals surface area contributed by atoms with Crippen molar-refractivity contribution >= 4 is 57.8 Å². The van der Waals surface area contributed by atoms with E-state index < -0.39 is 103 Å². The first-order valence-corrected chi connectivity index (χ1v) is 28.5. The highest BCUT2D eigenvalue weighted by Crippen LogP contribution is 2.39. The molecule has 0 radical (unpaired) electrons. The quantitative estimate of drug-likeness (QED) is 0.0731. The summed E-state index contributed by atoms with van der Waals surface area (Å²) in [5.74, 6) is -0.289. The number of sulfone groups is 1. The smallest absolute Gasteiger partial charge is 0.416 e. The Morgan fingerprint density at radius 2 is 0.959 bits per heavy atom. The first kappa shape index (κ1) is 59.1. The number of hydrogen-bond acceptors (Lipinski definition) is 12. The van der Waals surface area contributed by atoms with Crippen molar-refractivity contribution in [2.75, 3.05) is 19.5 Å². The SMILES string of the molecule is CC(C)(C)OC(=O)COc1cccc2c1CCCCC2NS(=O)(=O)c1cc(Br)cc(C(F)(F)F)c1.CC(C)(C)OC(=O)COc1cccc2c1CCCCC2NS(=O)(=O)c1cc(C(F)(F)F)cc(S(C)(=O)=O)c1. The van der Waals surface area contributed by atoms with Crippen LogP contribution in [0.15, 0.2) is 92.0 Å². The molecular weight excluding hydrogens is 1100 g/mol. The Morgan fingerprint density at radius 3 is 1.34 bits per heavy atom. The van der Waals surface area contributed by atoms with E-state index in [0.717, 1.165) is 24.1 Å². The minimum absolute atomic E-state index is 0.00629. The van der Waals surface area contributed by atoms with E-state index in [2.05, 4.69) is 25.4 Å². The Hall–Kier alpha value is -4.75. The number of ether oxygens (including phenoxy) is 4. The zero-order valence-corrected chi connectivity index (χ0v) is 45.0. The normalized spacial score (nSPS) is 16.8. The van der Waals surface area contributed by atoms with Crippen LogP contribution in [0.25, 0.3) is 0 Å². The number of fused-ring (bicyclic) bond motifs is 2. The second-order valence-electron chi connectivity index (χ2n) is 19.4. The van der Waals surface area contributed by atoms with Gasteiger partial charge in [-0.15, -0.1) is 0 Å². The van der Waals surface area contributed by atoms with Gasteiger partial charge in [-0.1, -0.05) is 53.0 Å². The average molecular weight is 1160 g/mol. The molecule has 0 bridgehead atoms. The molecule has 0 aliphatic heterocycles. The molecule has 0 amide bonds. The molecule has 2 unspecified atom stereocenters. The number of nitrogens with one attached hydrogen (secondary N) is 2. The van der Waals surface area contributed by atoms with Gasteiger partial charge in [0.2, 0.25) is 20.0 Å². The van der Waals surface area contributed by atoms with E-state index in [4.69, 9.17) is 18.9 Å². The van der Waals surface area contributed by atoms with Gasteiger partial charge in [0, 0.05) is 22.8 Å². The highest BCUT2D eigenvalue weighted by molar-refractivity contribution is 9.10. The molecule has 2 aliphatic carbocycles. The summed E-state index contributed by atoms with van der Waals surface area (Å²) in [4.78, 5) is 22.1. The van der Waals surface area contributed by atoms with Crippen molar-refractivity contribution in [3.63, 3.8) is 0 Å². The van der Waals surface area contributed by atoms with Gasteiger partial charge in [-0.05, 0) is 151 Å². The van der Waals surface area contributed by atoms with Gasteiger partial charge in [-0.3, -0.25) is 0 Å². The molecule has 4 aromatic rings. The number of hydrogen-bond donors (Lipinski definition) is 2. The van der Waals surface area contributed by atoms with Crippen molar-refractivity contribution in [2.45, 2.75) is 143 Å². The molecule has 2 atom stereocenters. The summed E-state index contributed by atoms with van der Waals surface area (Å²) in [6, 6.07) is 12.7. The van der Waals surface area contributed by atoms with E-state index in [1.807, 2.05) is 0 Å². The van der Waals surface area contributed by atoms with Gasteiger partial charge in [0.1, 0.15) is 22.7 Å². The highest BCUT2D eigenvalue weighted by Gasteiger charge is 2.36. The van der Waals surface area contributed by atoms with Crippen LogP contribution in [-0.2, 0) is 74.1 Å². The Balaban J connectivity index is 0.000000272. The van der Waals surface area contributed by atoms with Gasteiger partial charge >= 0.3 is 24.3 Å². The zero-order valence-electron chi connectivity index (χ0n) is 40.9. The van der Waals surface area contributed by atoms with Crippen molar-refractivity contribution < 1.29 is 80.1 Å². The molecule has 2 N–H and O–H groups in total. The second-order valence-corrected chi connectivity index (χ2v) is 25.7. The number of sulfonamides is 2. The highest BCUT2D eigenvalue weighted by atomic mass is 79.9. The third-order valence-electron chi connectivity index (χ3n) is 11.0. The van der Waals surface area contributed by atoms with Gasteiger partial charge in [-0.25, -0.2) is 44.3 Å². The fourth-order valence-electron chi connectivity index (χ4n) is 7.99. The molecule has 4 aromatic carbocycles. The lowest BCUT2D eigenvalue weighted by molar-refractivity contribution is -0.158. The molecular formula is C49H57BrF6N2O12S3. The number of halogens is 7. The van der Waals surface area contributed by atoms with Crippen LogP contribution in [0.3, 0.4) is 0 Å². The molecule has 0 saturated carbocycles. The monoisotopic (exact) mass is 1150 g/mol. The number of carbonyl (C=O) groups excluding carboxylic acids is 2. The lowest BCUT2D eigenvalue weighted by atomic mass is 9.99. The lowest BCUT2D eigenvalue weighted by Gasteiger charge is -2.22. The fraction of sp³-hybridized carbons (Fsp3) is 0.469. The van der Waals surface area contributed by atoms with Crippen LogP contribution in [0.5, 0.6) is 11.5 Å². The summed E-state index contributed by atoms with van der Waals surface area (Å²) in [7, 11) is -13.0. The van der Waals surface area contributed by atoms with E-state index in [0.29, 0.717) is 104 Å². The summed E-state index contributed by atoms with van der Waals surface area (Å²) in [6.07, 6.45) is -4.28. The standard InChI is InChI=1S/C25H30F3NO7S2.C24H27BrF3NO5S/c1-24(2,3)36-23(30)15-35-22-11-7-9-19-20(22)8-5-6-10-21(19)29-38(33,34)18-13-16(25(26,27)28)12-17(14-18)37(4,31)32;1-23(2,3)34-22(30)14-33-21-10-6-8-18-19(21)7-4-5-9-20(18)29-35(31,32)17-12-15(24(26,27)28)11-16(25)13-17/h7,9,11-14,21,29H,5-6,8,10,15H2,1-4H3;6,8,10-13,20,29H,4-5,7,9,14H2,1-3H3. The Kier molecular flexibility index (Phi) is 18.6. The summed E-state index contributed by atoms with van der Waals surface area (Å²) in [6.45, 7) is 9.75. The minimum Gasteiger partial charge on any atom is -0.482 e. The molecule has 0 spiro atoms. The van der Waals surface area contributed by atoms with Crippen LogP contribution in [-0.4, -0.2) is 67.9 Å². The van der Waals surface area contributed by atoms with Crippen molar-refractivity contribution in [1.29, 1.82) is 0 Å². The third kappa shape index (κ3) is 17.1. The molecule has 402 valence electrons. The van der Waals surface area contributed by atoms with Crippen molar-refractivity contribution in [2.24, 2.45) is 0 Å². The summed E-state index contributed by atoms with van der Waals surface area (Å²) in [5.41, 5.74) is -1.16. The van der Waals surface area contributed by atoms with Crippen LogP contribution in [0.2, 0.25) is 0 Å². The second kappa shape index (κ2) is 23.0. The summed E-state index contributed by atoms with van der Waals surface area (Å²) >= 11 is 2.97. The van der Waals surface area contributed by atoms with Gasteiger partial charge in [0.15, 0.2) is 23.1 Å². The Bertz CT molecular complexity index is 3010. The third-order valence-corrected chi connectivity index (χ3v) is 15.5. The first-order chi connectivity index (χ1) is 33.5. The summed E-state index contributed by atoms with van der Waals surface area (Å²) < 4.78 is 184. The Labute approximate surface area is 430 Å². The number of benzene rings is 4. The van der Waals surface area contributed by atoms with E-state index in [9.17, 15) is 61.2 Å². The average Bonchev–Trinajstić information content (AvgIpc) is 3.58. The number of alkyl halides is 6. The molecule has 0 fully saturated rings.